The van der Waals surface area contributed by atoms with Crippen LogP contribution in [0.5, 0.6) is 0 Å². The second-order valence-electron chi connectivity index (χ2n) is 9.30. The Hall–Kier alpha value is -2.00. The van der Waals surface area contributed by atoms with E-state index in [2.05, 4.69) is 6.92 Å². The number of rotatable bonds is 16. The van der Waals surface area contributed by atoms with Gasteiger partial charge in [0, 0.05) is 6.42 Å². The predicted octanol–water partition coefficient (Wildman–Crippen LogP) is -0.359. The summed E-state index contributed by atoms with van der Waals surface area (Å²) in [6, 6.07) is 0. The molecule has 0 spiro atoms. The molecule has 0 radical (unpaired) electrons. The summed E-state index contributed by atoms with van der Waals surface area (Å²) in [6.07, 6.45) is -5.12. The lowest BCUT2D eigenvalue weighted by molar-refractivity contribution is -0.291. The maximum Gasteiger partial charge on any atom is 0.378 e. The highest BCUT2D eigenvalue weighted by atomic mass is 16.7. The average Bonchev–Trinajstić information content (AvgIpc) is 3.15. The van der Waals surface area contributed by atoms with Gasteiger partial charge in [-0.2, -0.15) is 0 Å². The zero-order chi connectivity index (χ0) is 27.5. The van der Waals surface area contributed by atoms with Crippen LogP contribution in [0.1, 0.15) is 71.1 Å². The summed E-state index contributed by atoms with van der Waals surface area (Å²) >= 11 is 0. The Kier molecular flexibility index (Phi) is 13.0. The summed E-state index contributed by atoms with van der Waals surface area (Å²) in [7, 11) is 0. The van der Waals surface area contributed by atoms with Crippen molar-refractivity contribution in [3.63, 3.8) is 0 Å². The Balaban J connectivity index is 1.81. The SMILES string of the molecule is CCCCCCCCCCCC(=O)OC(O)[C@H](O)[C@H]1OC(=O)C(OC2O[C@H](CO)[C@@H](O)[C@H](O)[C@H]2O)=C1O. The van der Waals surface area contributed by atoms with Crippen molar-refractivity contribution >= 4 is 11.9 Å². The molecule has 2 aliphatic heterocycles. The van der Waals surface area contributed by atoms with E-state index in [1.807, 2.05) is 0 Å². The number of hydrogen-bond donors (Lipinski definition) is 7. The smallest absolute Gasteiger partial charge is 0.378 e. The first-order valence-electron chi connectivity index (χ1n) is 12.8. The summed E-state index contributed by atoms with van der Waals surface area (Å²) < 4.78 is 19.8. The first kappa shape index (κ1) is 31.2. The minimum atomic E-state index is -2.13. The molecule has 2 unspecified atom stereocenters. The molecule has 0 aromatic rings. The number of aliphatic hydroxyl groups is 7. The van der Waals surface area contributed by atoms with E-state index in [0.29, 0.717) is 6.42 Å². The van der Waals surface area contributed by atoms with Gasteiger partial charge in [-0.1, -0.05) is 58.3 Å². The van der Waals surface area contributed by atoms with E-state index in [4.69, 9.17) is 18.9 Å². The van der Waals surface area contributed by atoms with Crippen LogP contribution in [0.25, 0.3) is 0 Å². The van der Waals surface area contributed by atoms with Crippen LogP contribution in [-0.4, -0.2) is 103 Å². The van der Waals surface area contributed by atoms with Crippen LogP contribution in [-0.2, 0) is 28.5 Å². The van der Waals surface area contributed by atoms with E-state index < -0.39 is 79.3 Å². The lowest BCUT2D eigenvalue weighted by Crippen LogP contribution is -2.59. The summed E-state index contributed by atoms with van der Waals surface area (Å²) in [5, 5.41) is 69.6. The molecule has 1 saturated heterocycles. The molecule has 0 amide bonds. The first-order chi connectivity index (χ1) is 17.6. The molecule has 1 fully saturated rings. The number of ether oxygens (including phenoxy) is 4. The van der Waals surface area contributed by atoms with Crippen molar-refractivity contribution in [2.24, 2.45) is 0 Å². The first-order valence-corrected chi connectivity index (χ1v) is 12.8. The molecule has 0 aromatic carbocycles. The van der Waals surface area contributed by atoms with Gasteiger partial charge in [-0.15, -0.1) is 0 Å². The molecule has 2 rings (SSSR count). The Labute approximate surface area is 215 Å². The van der Waals surface area contributed by atoms with Gasteiger partial charge in [0.25, 0.3) is 0 Å². The average molecular weight is 537 g/mol. The summed E-state index contributed by atoms with van der Waals surface area (Å²) in [6.45, 7) is 1.41. The number of hydrogen-bond acceptors (Lipinski definition) is 13. The van der Waals surface area contributed by atoms with Gasteiger partial charge < -0.3 is 54.7 Å². The van der Waals surface area contributed by atoms with E-state index in [1.165, 1.54) is 25.7 Å². The topological polar surface area (TPSA) is 213 Å². The second-order valence-corrected chi connectivity index (χ2v) is 9.30. The molecule has 7 N–H and O–H groups in total. The molecule has 2 aliphatic rings. The van der Waals surface area contributed by atoms with Gasteiger partial charge in [0.15, 0.2) is 18.0 Å². The van der Waals surface area contributed by atoms with Gasteiger partial charge in [-0.05, 0) is 6.42 Å². The molecule has 0 bridgehead atoms. The lowest BCUT2D eigenvalue weighted by Gasteiger charge is -2.39. The van der Waals surface area contributed by atoms with E-state index >= 15 is 0 Å². The predicted molar refractivity (Wildman–Crippen MR) is 124 cm³/mol. The maximum atomic E-state index is 12.2. The summed E-state index contributed by atoms with van der Waals surface area (Å²) in [5.41, 5.74) is 0. The van der Waals surface area contributed by atoms with E-state index in [0.717, 1.165) is 25.7 Å². The van der Waals surface area contributed by atoms with Crippen molar-refractivity contribution in [1.82, 2.24) is 0 Å². The van der Waals surface area contributed by atoms with Gasteiger partial charge in [0.05, 0.1) is 6.61 Å². The number of carbonyl (C=O) groups excluding carboxylic acids is 2. The van der Waals surface area contributed by atoms with Crippen LogP contribution in [0, 0.1) is 0 Å². The van der Waals surface area contributed by atoms with Gasteiger partial charge in [-0.25, -0.2) is 4.79 Å². The molecule has 2 heterocycles. The fraction of sp³-hybridized carbons (Fsp3) is 0.833. The number of esters is 2. The van der Waals surface area contributed by atoms with Crippen LogP contribution < -0.4 is 0 Å². The maximum absolute atomic E-state index is 12.2. The molecule has 13 heteroatoms. The molecule has 0 aliphatic carbocycles. The Bertz CT molecular complexity index is 755. The number of carbonyl (C=O) groups is 2. The molecular formula is C24H40O13. The fourth-order valence-corrected chi connectivity index (χ4v) is 4.07. The lowest BCUT2D eigenvalue weighted by atomic mass is 9.99. The van der Waals surface area contributed by atoms with Crippen LogP contribution >= 0.6 is 0 Å². The third-order valence-electron chi connectivity index (χ3n) is 6.34. The molecular weight excluding hydrogens is 496 g/mol. The molecule has 0 saturated carbocycles. The molecule has 13 nitrogen and oxygen atoms in total. The third kappa shape index (κ3) is 8.77. The number of aliphatic hydroxyl groups excluding tert-OH is 7. The van der Waals surface area contributed by atoms with Gasteiger partial charge in [0.1, 0.15) is 24.4 Å². The highest BCUT2D eigenvalue weighted by molar-refractivity contribution is 5.89. The minimum absolute atomic E-state index is 0.0113. The van der Waals surface area contributed by atoms with Crippen molar-refractivity contribution < 1.29 is 64.3 Å². The highest BCUT2D eigenvalue weighted by Crippen LogP contribution is 2.30. The standard InChI is InChI=1S/C24H40O13/c1-2-3-4-5-6-7-8-9-10-11-14(26)35-22(32)19(31)20-18(30)21(23(33)36-20)37-24-17(29)16(28)15(27)13(12-25)34-24/h13,15-17,19-20,22,24-25,27-32H,2-12H2,1H3/t13-,15-,16+,17-,19-,20+,22?,24?/m1/s1. The van der Waals surface area contributed by atoms with Crippen molar-refractivity contribution in [3.8, 4) is 0 Å². The largest absolute Gasteiger partial charge is 0.505 e. The number of unbranched alkanes of at least 4 members (excludes halogenated alkanes) is 8. The van der Waals surface area contributed by atoms with Gasteiger partial charge >= 0.3 is 11.9 Å². The quantitative estimate of drug-likeness (QED) is 0.0764. The van der Waals surface area contributed by atoms with Gasteiger partial charge in [0.2, 0.25) is 18.3 Å². The minimum Gasteiger partial charge on any atom is -0.505 e. The molecule has 0 aromatic heterocycles. The van der Waals surface area contributed by atoms with Crippen molar-refractivity contribution in [3.05, 3.63) is 11.5 Å². The van der Waals surface area contributed by atoms with Crippen molar-refractivity contribution in [2.45, 2.75) is 120 Å². The molecule has 214 valence electrons. The normalized spacial score (nSPS) is 29.6. The highest BCUT2D eigenvalue weighted by Gasteiger charge is 2.49. The van der Waals surface area contributed by atoms with Crippen LogP contribution in [0.2, 0.25) is 0 Å². The summed E-state index contributed by atoms with van der Waals surface area (Å²) in [5.74, 6) is -3.96. The van der Waals surface area contributed by atoms with Gasteiger partial charge in [-0.3, -0.25) is 4.79 Å². The fourth-order valence-electron chi connectivity index (χ4n) is 4.07. The van der Waals surface area contributed by atoms with E-state index in [9.17, 15) is 45.3 Å². The van der Waals surface area contributed by atoms with Crippen molar-refractivity contribution in [1.29, 1.82) is 0 Å². The molecule has 37 heavy (non-hydrogen) atoms. The Morgan fingerprint density at radius 1 is 0.946 bits per heavy atom. The molecule has 8 atom stereocenters. The van der Waals surface area contributed by atoms with Crippen LogP contribution in [0.15, 0.2) is 11.5 Å². The van der Waals surface area contributed by atoms with E-state index in [1.54, 1.807) is 0 Å². The zero-order valence-electron chi connectivity index (χ0n) is 21.0. The van der Waals surface area contributed by atoms with Crippen LogP contribution in [0.4, 0.5) is 0 Å². The van der Waals surface area contributed by atoms with Crippen LogP contribution in [0.3, 0.4) is 0 Å². The Morgan fingerprint density at radius 2 is 1.54 bits per heavy atom. The van der Waals surface area contributed by atoms with Crippen molar-refractivity contribution in [2.75, 3.05) is 6.61 Å². The Morgan fingerprint density at radius 3 is 2.14 bits per heavy atom. The third-order valence-corrected chi connectivity index (χ3v) is 6.34. The number of cyclic esters (lactones) is 1. The summed E-state index contributed by atoms with van der Waals surface area (Å²) in [4.78, 5) is 24.2. The monoisotopic (exact) mass is 536 g/mol. The second kappa shape index (κ2) is 15.4. The van der Waals surface area contributed by atoms with E-state index in [-0.39, 0.29) is 6.42 Å². The zero-order valence-corrected chi connectivity index (χ0v) is 21.0.